The highest BCUT2D eigenvalue weighted by molar-refractivity contribution is 5.85. The van der Waals surface area contributed by atoms with Crippen molar-refractivity contribution in [1.29, 1.82) is 0 Å². The van der Waals surface area contributed by atoms with Crippen LogP contribution in [0.2, 0.25) is 0 Å². The summed E-state index contributed by atoms with van der Waals surface area (Å²) in [4.78, 5) is 9.47. The number of primary amides is 1. The van der Waals surface area contributed by atoms with Crippen molar-refractivity contribution in [3.05, 3.63) is 0 Å². The van der Waals surface area contributed by atoms with E-state index in [2.05, 4.69) is 5.73 Å². The summed E-state index contributed by atoms with van der Waals surface area (Å²) in [6.07, 6.45) is 0. The Balaban J connectivity index is -0.0000000800. The molecule has 0 aliphatic heterocycles. The lowest BCUT2D eigenvalue weighted by Crippen LogP contribution is -2.21. The zero-order chi connectivity index (χ0) is 4.28. The number of carbonyl (C=O) groups excluding carboxylic acids is 1. The van der Waals surface area contributed by atoms with Crippen LogP contribution in [0.3, 0.4) is 0 Å². The number of halogens is 2. The summed E-state index contributed by atoms with van der Waals surface area (Å²) in [7, 11) is 0. The summed E-state index contributed by atoms with van der Waals surface area (Å²) in [5, 5.41) is 0. The van der Waals surface area contributed by atoms with Crippen LogP contribution in [0, 0.1) is 0 Å². The van der Waals surface area contributed by atoms with Crippen molar-refractivity contribution < 1.29 is 4.79 Å². The van der Waals surface area contributed by atoms with E-state index < -0.39 is 5.91 Å². The van der Waals surface area contributed by atoms with Crippen molar-refractivity contribution in [2.45, 2.75) is 0 Å². The molecule has 0 unspecified atom stereocenters. The van der Waals surface area contributed by atoms with E-state index in [1.54, 1.807) is 0 Å². The molecule has 0 aliphatic carbocycles. The van der Waals surface area contributed by atoms with Crippen molar-refractivity contribution in [2.24, 2.45) is 11.5 Å². The second kappa shape index (κ2) is 9.38. The van der Waals surface area contributed by atoms with Gasteiger partial charge in [0.2, 0.25) is 5.91 Å². The predicted octanol–water partition coefficient (Wildman–Crippen LogP) is -0.726. The van der Waals surface area contributed by atoms with Crippen LogP contribution in [0.1, 0.15) is 0 Å². The van der Waals surface area contributed by atoms with Crippen LogP contribution in [0.5, 0.6) is 0 Å². The number of hydrogen-bond donors (Lipinski definition) is 2. The zero-order valence-electron chi connectivity index (χ0n) is 3.59. The molecule has 3 nitrogen and oxygen atoms in total. The summed E-state index contributed by atoms with van der Waals surface area (Å²) >= 11 is 0. The number of hydrogen-bond acceptors (Lipinski definition) is 2. The van der Waals surface area contributed by atoms with Crippen molar-refractivity contribution in [3.63, 3.8) is 0 Å². The van der Waals surface area contributed by atoms with E-state index >= 15 is 0 Å². The van der Waals surface area contributed by atoms with Crippen molar-refractivity contribution in [3.8, 4) is 0 Å². The molecule has 5 heteroatoms. The first-order valence-electron chi connectivity index (χ1n) is 1.25. The van der Waals surface area contributed by atoms with Gasteiger partial charge >= 0.3 is 0 Å². The van der Waals surface area contributed by atoms with E-state index in [0.29, 0.717) is 0 Å². The van der Waals surface area contributed by atoms with E-state index in [-0.39, 0.29) is 31.4 Å². The van der Waals surface area contributed by atoms with Gasteiger partial charge in [-0.2, -0.15) is 0 Å². The molecular weight excluding hydrogens is 139 g/mol. The number of carbonyl (C=O) groups is 1. The Kier molecular flexibility index (Phi) is 21.1. The molecule has 0 aromatic heterocycles. The summed E-state index contributed by atoms with van der Waals surface area (Å²) in [6, 6.07) is 0. The fourth-order valence-electron chi connectivity index (χ4n) is 0. The minimum atomic E-state index is -0.468. The van der Waals surface area contributed by atoms with Gasteiger partial charge in [0.05, 0.1) is 6.54 Å². The van der Waals surface area contributed by atoms with Crippen molar-refractivity contribution >= 4 is 30.7 Å². The van der Waals surface area contributed by atoms with Crippen LogP contribution in [0.4, 0.5) is 0 Å². The zero-order valence-corrected chi connectivity index (χ0v) is 5.22. The van der Waals surface area contributed by atoms with Crippen molar-refractivity contribution in [2.75, 3.05) is 6.54 Å². The Hall–Kier alpha value is 0.01000. The lowest BCUT2D eigenvalue weighted by Gasteiger charge is -1.74. The van der Waals surface area contributed by atoms with Gasteiger partial charge in [-0.15, -0.1) is 24.8 Å². The fraction of sp³-hybridized carbons (Fsp3) is 0.500. The molecule has 7 heavy (non-hydrogen) atoms. The van der Waals surface area contributed by atoms with Gasteiger partial charge in [0.1, 0.15) is 0 Å². The van der Waals surface area contributed by atoms with Crippen LogP contribution < -0.4 is 11.5 Å². The summed E-state index contributed by atoms with van der Waals surface area (Å²) in [5.74, 6) is -0.468. The van der Waals surface area contributed by atoms with Crippen LogP contribution in [0.15, 0.2) is 0 Å². The molecule has 0 spiro atoms. The Morgan fingerprint density at radius 3 is 1.57 bits per heavy atom. The largest absolute Gasteiger partial charge is 0.369 e. The highest BCUT2D eigenvalue weighted by atomic mass is 35.5. The number of rotatable bonds is 1. The van der Waals surface area contributed by atoms with Gasteiger partial charge in [0, 0.05) is 0 Å². The average Bonchev–Trinajstić information content (AvgIpc) is 1.38. The van der Waals surface area contributed by atoms with Crippen LogP contribution >= 0.6 is 24.8 Å². The Morgan fingerprint density at radius 2 is 1.57 bits per heavy atom. The third kappa shape index (κ3) is 23.9. The monoisotopic (exact) mass is 146 g/mol. The molecule has 0 saturated heterocycles. The average molecular weight is 147 g/mol. The van der Waals surface area contributed by atoms with Gasteiger partial charge in [-0.25, -0.2) is 0 Å². The predicted molar refractivity (Wildman–Crippen MR) is 32.7 cm³/mol. The second-order valence-corrected chi connectivity index (χ2v) is 0.670. The maximum Gasteiger partial charge on any atom is 0.231 e. The van der Waals surface area contributed by atoms with Gasteiger partial charge in [0.15, 0.2) is 0 Å². The van der Waals surface area contributed by atoms with E-state index in [9.17, 15) is 4.79 Å². The molecular formula is C2H8Cl2N2O. The van der Waals surface area contributed by atoms with Gasteiger partial charge in [-0.05, 0) is 0 Å². The maximum atomic E-state index is 9.47. The Bertz CT molecular complexity index is 49.0. The molecule has 0 aromatic carbocycles. The molecule has 0 aliphatic rings. The quantitative estimate of drug-likeness (QED) is 0.513. The van der Waals surface area contributed by atoms with E-state index in [1.165, 1.54) is 0 Å². The van der Waals surface area contributed by atoms with E-state index in [0.717, 1.165) is 0 Å². The second-order valence-electron chi connectivity index (χ2n) is 0.670. The normalized spacial score (nSPS) is 5.29. The standard InChI is InChI=1S/C2H6N2O.2ClH/c3-1-2(4)5;;/h1,3H2,(H2,4,5);2*1H. The van der Waals surface area contributed by atoms with Gasteiger partial charge < -0.3 is 11.5 Å². The van der Waals surface area contributed by atoms with Crippen LogP contribution in [-0.4, -0.2) is 12.5 Å². The SMILES string of the molecule is Cl.Cl.NCC(N)=O. The molecule has 0 rings (SSSR count). The lowest BCUT2D eigenvalue weighted by atomic mass is 10.7. The number of nitrogens with two attached hydrogens (primary N) is 2. The minimum Gasteiger partial charge on any atom is -0.369 e. The Labute approximate surface area is 54.3 Å². The number of amides is 1. The van der Waals surface area contributed by atoms with E-state index in [1.807, 2.05) is 0 Å². The van der Waals surface area contributed by atoms with E-state index in [4.69, 9.17) is 5.73 Å². The minimum absolute atomic E-state index is 0. The first-order chi connectivity index (χ1) is 2.27. The highest BCUT2D eigenvalue weighted by Crippen LogP contribution is 1.36. The van der Waals surface area contributed by atoms with Crippen LogP contribution in [-0.2, 0) is 4.79 Å². The molecule has 0 atom stereocenters. The van der Waals surface area contributed by atoms with Crippen molar-refractivity contribution in [1.82, 2.24) is 0 Å². The molecule has 0 fully saturated rings. The third-order valence-corrected chi connectivity index (χ3v) is 0.201. The smallest absolute Gasteiger partial charge is 0.231 e. The summed E-state index contributed by atoms with van der Waals surface area (Å²) < 4.78 is 0. The molecule has 46 valence electrons. The van der Waals surface area contributed by atoms with Gasteiger partial charge in [-0.1, -0.05) is 0 Å². The molecule has 0 saturated carbocycles. The molecule has 0 bridgehead atoms. The highest BCUT2D eigenvalue weighted by Gasteiger charge is 1.77. The molecule has 4 N–H and O–H groups in total. The molecule has 0 aromatic rings. The van der Waals surface area contributed by atoms with Gasteiger partial charge in [-0.3, -0.25) is 4.79 Å². The topological polar surface area (TPSA) is 69.1 Å². The lowest BCUT2D eigenvalue weighted by molar-refractivity contribution is -0.116. The first-order valence-corrected chi connectivity index (χ1v) is 1.25. The maximum absolute atomic E-state index is 9.47. The fourth-order valence-corrected chi connectivity index (χ4v) is 0. The first kappa shape index (κ1) is 15.7. The summed E-state index contributed by atoms with van der Waals surface area (Å²) in [6.45, 7) is -0.0556. The Morgan fingerprint density at radius 1 is 1.43 bits per heavy atom. The van der Waals surface area contributed by atoms with Crippen LogP contribution in [0.25, 0.3) is 0 Å². The third-order valence-electron chi connectivity index (χ3n) is 0.201. The van der Waals surface area contributed by atoms with Gasteiger partial charge in [0.25, 0.3) is 0 Å². The molecule has 0 radical (unpaired) electrons. The molecule has 1 amide bonds. The molecule has 0 heterocycles. The summed E-state index contributed by atoms with van der Waals surface area (Å²) in [5.41, 5.74) is 9.22.